The molecule has 0 amide bonds. The monoisotopic (exact) mass is 201 g/mol. The lowest BCUT2D eigenvalue weighted by atomic mass is 10.3. The first-order valence-corrected chi connectivity index (χ1v) is 3.86. The van der Waals surface area contributed by atoms with Gasteiger partial charge in [0.05, 0.1) is 6.61 Å². The zero-order valence-electron chi connectivity index (χ0n) is 7.00. The van der Waals surface area contributed by atoms with E-state index in [1.807, 2.05) is 11.8 Å². The van der Waals surface area contributed by atoms with E-state index < -0.39 is 12.5 Å². The van der Waals surface area contributed by atoms with Crippen molar-refractivity contribution >= 4 is 12.4 Å². The summed E-state index contributed by atoms with van der Waals surface area (Å²) >= 11 is 0. The summed E-state index contributed by atoms with van der Waals surface area (Å²) in [7, 11) is 0. The van der Waals surface area contributed by atoms with Crippen molar-refractivity contribution in [3.05, 3.63) is 0 Å². The zero-order valence-corrected chi connectivity index (χ0v) is 7.82. The Kier molecular flexibility index (Phi) is 5.70. The topological polar surface area (TPSA) is 12.5 Å². The Morgan fingerprint density at radius 1 is 1.58 bits per heavy atom. The molecule has 1 heterocycles. The molecule has 0 spiro atoms. The molecule has 0 aromatic carbocycles. The number of morpholine rings is 1. The maximum absolute atomic E-state index is 12.1. The van der Waals surface area contributed by atoms with E-state index in [1.54, 1.807) is 0 Å². The number of likely N-dealkylation sites (N-methyl/N-ethyl adjacent to an activating group) is 1. The fourth-order valence-electron chi connectivity index (χ4n) is 1.17. The summed E-state index contributed by atoms with van der Waals surface area (Å²) in [5.74, 6) is 0. The average molecular weight is 202 g/mol. The van der Waals surface area contributed by atoms with Crippen molar-refractivity contribution in [1.82, 2.24) is 4.90 Å². The van der Waals surface area contributed by atoms with Gasteiger partial charge in [0.15, 0.2) is 0 Å². The number of halogens is 3. The second-order valence-corrected chi connectivity index (χ2v) is 2.64. The van der Waals surface area contributed by atoms with Gasteiger partial charge in [-0.05, 0) is 6.54 Å². The van der Waals surface area contributed by atoms with E-state index in [1.165, 1.54) is 0 Å². The van der Waals surface area contributed by atoms with Crippen LogP contribution in [0.1, 0.15) is 6.92 Å². The van der Waals surface area contributed by atoms with Gasteiger partial charge >= 0.3 is 0 Å². The number of alkyl halides is 2. The van der Waals surface area contributed by atoms with E-state index in [4.69, 9.17) is 4.74 Å². The molecule has 12 heavy (non-hydrogen) atoms. The third kappa shape index (κ3) is 3.21. The highest BCUT2D eigenvalue weighted by molar-refractivity contribution is 5.85. The molecule has 0 aliphatic carbocycles. The Balaban J connectivity index is 0.00000121. The summed E-state index contributed by atoms with van der Waals surface area (Å²) in [6, 6.07) is 0. The Labute approximate surface area is 77.3 Å². The van der Waals surface area contributed by atoms with Crippen LogP contribution >= 0.6 is 12.4 Å². The predicted octanol–water partition coefficient (Wildman–Crippen LogP) is 1.39. The maximum atomic E-state index is 12.1. The molecule has 2 nitrogen and oxygen atoms in total. The Morgan fingerprint density at radius 3 is 2.75 bits per heavy atom. The minimum atomic E-state index is -2.34. The van der Waals surface area contributed by atoms with Gasteiger partial charge in [-0.25, -0.2) is 8.78 Å². The molecule has 5 heteroatoms. The van der Waals surface area contributed by atoms with Crippen LogP contribution in [0.2, 0.25) is 0 Å². The van der Waals surface area contributed by atoms with Crippen LogP contribution in [-0.4, -0.2) is 43.7 Å². The highest BCUT2D eigenvalue weighted by Gasteiger charge is 2.26. The standard InChI is InChI=1S/C7H13F2NO.ClH/c1-2-10-3-4-11-6(5-10)7(8)9;/h6-7H,2-5H2,1H3;1H. The second kappa shape index (κ2) is 5.67. The average Bonchev–Trinajstić information content (AvgIpc) is 2.05. The van der Waals surface area contributed by atoms with Gasteiger partial charge in [0.2, 0.25) is 0 Å². The number of ether oxygens (including phenoxy) is 1. The van der Waals surface area contributed by atoms with E-state index in [2.05, 4.69) is 0 Å². The molecule has 1 atom stereocenters. The molecule has 0 N–H and O–H groups in total. The van der Waals surface area contributed by atoms with Gasteiger partial charge in [-0.3, -0.25) is 4.90 Å². The van der Waals surface area contributed by atoms with Crippen LogP contribution in [0, 0.1) is 0 Å². The van der Waals surface area contributed by atoms with Gasteiger partial charge in [0.1, 0.15) is 6.10 Å². The molecular formula is C7H14ClF2NO. The van der Waals surface area contributed by atoms with Crippen LogP contribution in [0.5, 0.6) is 0 Å². The van der Waals surface area contributed by atoms with E-state index in [-0.39, 0.29) is 12.4 Å². The SMILES string of the molecule is CCN1CCOC(C(F)F)C1.Cl. The highest BCUT2D eigenvalue weighted by Crippen LogP contribution is 2.11. The molecule has 1 rings (SSSR count). The minimum absolute atomic E-state index is 0. The predicted molar refractivity (Wildman–Crippen MR) is 45.1 cm³/mol. The lowest BCUT2D eigenvalue weighted by Crippen LogP contribution is -2.45. The van der Waals surface area contributed by atoms with E-state index >= 15 is 0 Å². The van der Waals surface area contributed by atoms with Crippen LogP contribution in [-0.2, 0) is 4.74 Å². The number of hydrogen-bond acceptors (Lipinski definition) is 2. The summed E-state index contributed by atoms with van der Waals surface area (Å²) in [5, 5.41) is 0. The number of nitrogens with zero attached hydrogens (tertiary/aromatic N) is 1. The fraction of sp³-hybridized carbons (Fsp3) is 1.00. The molecule has 0 bridgehead atoms. The van der Waals surface area contributed by atoms with Gasteiger partial charge in [0, 0.05) is 13.1 Å². The molecule has 1 unspecified atom stereocenters. The third-order valence-corrected chi connectivity index (χ3v) is 1.91. The molecule has 1 saturated heterocycles. The van der Waals surface area contributed by atoms with Gasteiger partial charge in [0.25, 0.3) is 6.43 Å². The first-order valence-electron chi connectivity index (χ1n) is 3.86. The first kappa shape index (κ1) is 12.1. The molecule has 0 saturated carbocycles. The summed E-state index contributed by atoms with van der Waals surface area (Å²) in [5.41, 5.74) is 0. The summed E-state index contributed by atoms with van der Waals surface area (Å²) in [4.78, 5) is 1.97. The van der Waals surface area contributed by atoms with Gasteiger partial charge in [-0.15, -0.1) is 12.4 Å². The van der Waals surface area contributed by atoms with E-state index in [0.29, 0.717) is 13.2 Å². The molecule has 0 radical (unpaired) electrons. The third-order valence-electron chi connectivity index (χ3n) is 1.91. The van der Waals surface area contributed by atoms with Gasteiger partial charge in [-0.2, -0.15) is 0 Å². The first-order chi connectivity index (χ1) is 5.24. The summed E-state index contributed by atoms with van der Waals surface area (Å²) in [6.07, 6.45) is -3.21. The van der Waals surface area contributed by atoms with Crippen LogP contribution in [0.4, 0.5) is 8.78 Å². The van der Waals surface area contributed by atoms with E-state index in [9.17, 15) is 8.78 Å². The lowest BCUT2D eigenvalue weighted by molar-refractivity contribution is -0.101. The van der Waals surface area contributed by atoms with Gasteiger partial charge < -0.3 is 4.74 Å². The van der Waals surface area contributed by atoms with Crippen molar-refractivity contribution in [2.24, 2.45) is 0 Å². The molecule has 74 valence electrons. The van der Waals surface area contributed by atoms with Crippen molar-refractivity contribution in [1.29, 1.82) is 0 Å². The summed E-state index contributed by atoms with van der Waals surface area (Å²) in [6.45, 7) is 4.37. The normalized spacial score (nSPS) is 25.5. The Hall–Kier alpha value is 0.0700. The number of hydrogen-bond donors (Lipinski definition) is 0. The van der Waals surface area contributed by atoms with Crippen LogP contribution in [0.3, 0.4) is 0 Å². The van der Waals surface area contributed by atoms with Crippen molar-refractivity contribution in [3.8, 4) is 0 Å². The second-order valence-electron chi connectivity index (χ2n) is 2.64. The largest absolute Gasteiger partial charge is 0.370 e. The molecule has 0 aromatic rings. The van der Waals surface area contributed by atoms with Crippen LogP contribution in [0.25, 0.3) is 0 Å². The minimum Gasteiger partial charge on any atom is -0.370 e. The molecule has 1 fully saturated rings. The molecular weight excluding hydrogens is 188 g/mol. The van der Waals surface area contributed by atoms with Crippen molar-refractivity contribution in [3.63, 3.8) is 0 Å². The molecule has 1 aliphatic rings. The smallest absolute Gasteiger partial charge is 0.265 e. The molecule has 1 aliphatic heterocycles. The van der Waals surface area contributed by atoms with Crippen molar-refractivity contribution in [2.45, 2.75) is 19.5 Å². The quantitative estimate of drug-likeness (QED) is 0.670. The van der Waals surface area contributed by atoms with Gasteiger partial charge in [-0.1, -0.05) is 6.92 Å². The fourth-order valence-corrected chi connectivity index (χ4v) is 1.17. The maximum Gasteiger partial charge on any atom is 0.265 e. The lowest BCUT2D eigenvalue weighted by Gasteiger charge is -2.31. The Morgan fingerprint density at radius 2 is 2.25 bits per heavy atom. The van der Waals surface area contributed by atoms with Crippen LogP contribution < -0.4 is 0 Å². The zero-order chi connectivity index (χ0) is 8.27. The van der Waals surface area contributed by atoms with E-state index in [0.717, 1.165) is 13.1 Å². The van der Waals surface area contributed by atoms with Crippen LogP contribution in [0.15, 0.2) is 0 Å². The number of rotatable bonds is 2. The van der Waals surface area contributed by atoms with Crippen molar-refractivity contribution < 1.29 is 13.5 Å². The van der Waals surface area contributed by atoms with Crippen molar-refractivity contribution in [2.75, 3.05) is 26.2 Å². The molecule has 0 aromatic heterocycles. The summed E-state index contributed by atoms with van der Waals surface area (Å²) < 4.78 is 29.0. The highest BCUT2D eigenvalue weighted by atomic mass is 35.5. The Bertz CT molecular complexity index is 126.